The third-order valence-corrected chi connectivity index (χ3v) is 3.52. The fourth-order valence-corrected chi connectivity index (χ4v) is 1.96. The Morgan fingerprint density at radius 3 is 2.46 bits per heavy atom. The summed E-state index contributed by atoms with van der Waals surface area (Å²) >= 11 is 0. The topological polar surface area (TPSA) is 75.2 Å². The van der Waals surface area contributed by atoms with E-state index in [4.69, 9.17) is 9.47 Å². The third kappa shape index (κ3) is 9.88. The average Bonchev–Trinajstić information content (AvgIpc) is 2.63. The first-order valence-corrected chi connectivity index (χ1v) is 9.02. The lowest BCUT2D eigenvalue weighted by Crippen LogP contribution is -2.41. The molecule has 7 nitrogen and oxygen atoms in total. The Bertz CT molecular complexity index is 544. The second-order valence-electron chi connectivity index (χ2n) is 6.02. The van der Waals surface area contributed by atoms with Crippen LogP contribution in [0.5, 0.6) is 5.75 Å². The largest absolute Gasteiger partial charge is 0.492 e. The number of ether oxygens (including phenoxy) is 2. The molecule has 0 fully saturated rings. The number of hydrogen-bond acceptors (Lipinski definition) is 4. The maximum absolute atomic E-state index is 11.7. The molecule has 0 aliphatic carbocycles. The van der Waals surface area contributed by atoms with Crippen molar-refractivity contribution in [2.45, 2.75) is 20.3 Å². The summed E-state index contributed by atoms with van der Waals surface area (Å²) in [7, 11) is 3.44. The summed E-state index contributed by atoms with van der Waals surface area (Å²) in [6, 6.07) is 7.93. The minimum Gasteiger partial charge on any atom is -0.492 e. The Hall–Kier alpha value is -2.28. The molecule has 0 spiro atoms. The number of guanidine groups is 1. The third-order valence-electron chi connectivity index (χ3n) is 3.52. The van der Waals surface area contributed by atoms with Crippen LogP contribution in [0, 0.1) is 6.92 Å². The van der Waals surface area contributed by atoms with Gasteiger partial charge in [-0.3, -0.25) is 4.79 Å². The van der Waals surface area contributed by atoms with Crippen LogP contribution >= 0.6 is 0 Å². The van der Waals surface area contributed by atoms with E-state index in [1.807, 2.05) is 38.1 Å². The summed E-state index contributed by atoms with van der Waals surface area (Å²) in [6.07, 6.45) is 0.871. The molecule has 0 aliphatic heterocycles. The lowest BCUT2D eigenvalue weighted by atomic mass is 10.2. The number of carbonyl (C=O) groups excluding carboxylic acids is 1. The zero-order valence-electron chi connectivity index (χ0n) is 16.4. The van der Waals surface area contributed by atoms with E-state index in [2.05, 4.69) is 15.6 Å². The van der Waals surface area contributed by atoms with Crippen molar-refractivity contribution in [3.8, 4) is 5.75 Å². The number of carbonyl (C=O) groups is 1. The van der Waals surface area contributed by atoms with Gasteiger partial charge in [-0.25, -0.2) is 4.99 Å². The summed E-state index contributed by atoms with van der Waals surface area (Å²) in [5.74, 6) is 1.39. The normalized spacial score (nSPS) is 11.2. The van der Waals surface area contributed by atoms with Crippen molar-refractivity contribution in [2.24, 2.45) is 4.99 Å². The van der Waals surface area contributed by atoms with E-state index < -0.39 is 0 Å². The van der Waals surface area contributed by atoms with E-state index in [0.717, 1.165) is 18.7 Å². The molecule has 1 rings (SSSR count). The maximum Gasteiger partial charge on any atom is 0.243 e. The molecular formula is C19H32N4O3. The van der Waals surface area contributed by atoms with Gasteiger partial charge in [-0.15, -0.1) is 0 Å². The number of aryl methyl sites for hydroxylation is 1. The molecule has 0 aliphatic rings. The van der Waals surface area contributed by atoms with Gasteiger partial charge in [-0.1, -0.05) is 17.7 Å². The van der Waals surface area contributed by atoms with Crippen LogP contribution in [-0.2, 0) is 9.53 Å². The molecule has 1 amide bonds. The highest BCUT2D eigenvalue weighted by Crippen LogP contribution is 2.10. The smallest absolute Gasteiger partial charge is 0.243 e. The molecule has 146 valence electrons. The number of aliphatic imine (C=N–C) groups is 1. The number of hydrogen-bond donors (Lipinski definition) is 2. The Kier molecular flexibility index (Phi) is 10.9. The molecule has 0 saturated carbocycles. The Labute approximate surface area is 156 Å². The number of nitrogens with one attached hydrogen (secondary N) is 2. The molecule has 0 heterocycles. The number of likely N-dealkylation sites (N-methyl/N-ethyl adjacent to an activating group) is 1. The minimum atomic E-state index is -0.0451. The van der Waals surface area contributed by atoms with Crippen LogP contribution in [-0.4, -0.2) is 70.3 Å². The quantitative estimate of drug-likeness (QED) is 0.353. The molecule has 0 bridgehead atoms. The fourth-order valence-electron chi connectivity index (χ4n) is 1.96. The fraction of sp³-hybridized carbons (Fsp3) is 0.579. The highest BCUT2D eigenvalue weighted by molar-refractivity contribution is 5.84. The van der Waals surface area contributed by atoms with Gasteiger partial charge >= 0.3 is 0 Å². The zero-order chi connectivity index (χ0) is 19.2. The Morgan fingerprint density at radius 1 is 1.12 bits per heavy atom. The standard InChI is InChI=1S/C19H32N4O3/c1-5-25-13-6-11-20-19(22-15-18(24)23(3)4)21-12-14-26-17-9-7-16(2)8-10-17/h7-10H,5-6,11-15H2,1-4H3,(H2,20,21,22). The predicted molar refractivity (Wildman–Crippen MR) is 105 cm³/mol. The van der Waals surface area contributed by atoms with E-state index in [0.29, 0.717) is 32.3 Å². The monoisotopic (exact) mass is 364 g/mol. The molecule has 0 unspecified atom stereocenters. The van der Waals surface area contributed by atoms with Gasteiger partial charge < -0.3 is 25.0 Å². The molecule has 1 aromatic carbocycles. The van der Waals surface area contributed by atoms with Gasteiger partial charge in [-0.2, -0.15) is 0 Å². The van der Waals surface area contributed by atoms with Gasteiger partial charge in [0.15, 0.2) is 5.96 Å². The number of rotatable bonds is 11. The lowest BCUT2D eigenvalue weighted by Gasteiger charge is -2.14. The van der Waals surface area contributed by atoms with E-state index in [1.165, 1.54) is 10.5 Å². The molecular weight excluding hydrogens is 332 g/mol. The van der Waals surface area contributed by atoms with Gasteiger partial charge in [0.2, 0.25) is 5.91 Å². The summed E-state index contributed by atoms with van der Waals surface area (Å²) in [6.45, 7) is 7.35. The molecule has 7 heteroatoms. The first-order chi connectivity index (χ1) is 12.5. The SMILES string of the molecule is CCOCCCNC(=NCC(=O)N(C)C)NCCOc1ccc(C)cc1. The maximum atomic E-state index is 11.7. The van der Waals surface area contributed by atoms with Crippen LogP contribution in [0.4, 0.5) is 0 Å². The summed E-state index contributed by atoms with van der Waals surface area (Å²) in [5, 5.41) is 6.40. The van der Waals surface area contributed by atoms with Crippen molar-refractivity contribution in [2.75, 3.05) is 53.6 Å². The number of amides is 1. The highest BCUT2D eigenvalue weighted by atomic mass is 16.5. The van der Waals surface area contributed by atoms with Crippen LogP contribution in [0.3, 0.4) is 0 Å². The molecule has 26 heavy (non-hydrogen) atoms. The molecule has 0 radical (unpaired) electrons. The van der Waals surface area contributed by atoms with Crippen molar-refractivity contribution < 1.29 is 14.3 Å². The van der Waals surface area contributed by atoms with Crippen molar-refractivity contribution in [1.29, 1.82) is 0 Å². The summed E-state index contributed by atoms with van der Waals surface area (Å²) in [4.78, 5) is 17.6. The van der Waals surface area contributed by atoms with E-state index in [-0.39, 0.29) is 12.5 Å². The lowest BCUT2D eigenvalue weighted by molar-refractivity contribution is -0.127. The van der Waals surface area contributed by atoms with Gasteiger partial charge in [-0.05, 0) is 32.4 Å². The van der Waals surface area contributed by atoms with Crippen molar-refractivity contribution in [3.63, 3.8) is 0 Å². The number of benzene rings is 1. The Morgan fingerprint density at radius 2 is 1.81 bits per heavy atom. The average molecular weight is 364 g/mol. The molecule has 0 atom stereocenters. The predicted octanol–water partition coefficient (Wildman–Crippen LogP) is 1.42. The van der Waals surface area contributed by atoms with Crippen LogP contribution in [0.15, 0.2) is 29.3 Å². The van der Waals surface area contributed by atoms with Crippen LogP contribution in [0.2, 0.25) is 0 Å². The van der Waals surface area contributed by atoms with Crippen molar-refractivity contribution >= 4 is 11.9 Å². The van der Waals surface area contributed by atoms with Gasteiger partial charge in [0.05, 0.1) is 6.54 Å². The second kappa shape index (κ2) is 13.0. The molecule has 0 saturated heterocycles. The van der Waals surface area contributed by atoms with E-state index in [1.54, 1.807) is 14.1 Å². The number of nitrogens with zero attached hydrogens (tertiary/aromatic N) is 2. The van der Waals surface area contributed by atoms with Gasteiger partial charge in [0, 0.05) is 33.9 Å². The molecule has 1 aromatic rings. The van der Waals surface area contributed by atoms with Gasteiger partial charge in [0.1, 0.15) is 18.9 Å². The van der Waals surface area contributed by atoms with E-state index in [9.17, 15) is 4.79 Å². The first-order valence-electron chi connectivity index (χ1n) is 9.02. The van der Waals surface area contributed by atoms with Crippen LogP contribution < -0.4 is 15.4 Å². The van der Waals surface area contributed by atoms with Crippen LogP contribution in [0.25, 0.3) is 0 Å². The first kappa shape index (κ1) is 21.8. The highest BCUT2D eigenvalue weighted by Gasteiger charge is 2.04. The van der Waals surface area contributed by atoms with E-state index >= 15 is 0 Å². The van der Waals surface area contributed by atoms with Crippen molar-refractivity contribution in [3.05, 3.63) is 29.8 Å². The summed E-state index contributed by atoms with van der Waals surface area (Å²) in [5.41, 5.74) is 1.20. The van der Waals surface area contributed by atoms with Crippen LogP contribution in [0.1, 0.15) is 18.9 Å². The second-order valence-corrected chi connectivity index (χ2v) is 6.02. The Balaban J connectivity index is 2.40. The zero-order valence-corrected chi connectivity index (χ0v) is 16.4. The summed E-state index contributed by atoms with van der Waals surface area (Å²) < 4.78 is 11.0. The minimum absolute atomic E-state index is 0.0451. The van der Waals surface area contributed by atoms with Crippen molar-refractivity contribution in [1.82, 2.24) is 15.5 Å². The van der Waals surface area contributed by atoms with Gasteiger partial charge in [0.25, 0.3) is 0 Å². The molecule has 2 N–H and O–H groups in total. The molecule has 0 aromatic heterocycles.